The molecule has 0 fully saturated rings. The molecule has 1 atom stereocenters. The SMILES string of the molecule is Cc1ccc(S(=O)(=O)N[C@H](C)c2ccc(-n3ccnc3)cc2)cc1C. The summed E-state index contributed by atoms with van der Waals surface area (Å²) in [7, 11) is -3.57. The van der Waals surface area contributed by atoms with Crippen LogP contribution in [0.3, 0.4) is 0 Å². The van der Waals surface area contributed by atoms with E-state index in [4.69, 9.17) is 0 Å². The van der Waals surface area contributed by atoms with E-state index in [0.29, 0.717) is 0 Å². The van der Waals surface area contributed by atoms with Crippen LogP contribution in [0.15, 0.2) is 66.1 Å². The van der Waals surface area contributed by atoms with Crippen molar-refractivity contribution < 1.29 is 8.42 Å². The quantitative estimate of drug-likeness (QED) is 0.761. The Morgan fingerprint density at radius 2 is 1.76 bits per heavy atom. The molecule has 0 unspecified atom stereocenters. The summed E-state index contributed by atoms with van der Waals surface area (Å²) in [4.78, 5) is 4.31. The fourth-order valence-electron chi connectivity index (χ4n) is 2.60. The van der Waals surface area contributed by atoms with Crippen LogP contribution in [0.1, 0.15) is 29.7 Å². The maximum Gasteiger partial charge on any atom is 0.241 e. The predicted octanol–water partition coefficient (Wildman–Crippen LogP) is 3.53. The molecule has 1 aromatic heterocycles. The summed E-state index contributed by atoms with van der Waals surface area (Å²) < 4.78 is 29.9. The normalized spacial score (nSPS) is 12.9. The molecule has 3 rings (SSSR count). The highest BCUT2D eigenvalue weighted by Crippen LogP contribution is 2.20. The molecule has 0 aliphatic heterocycles. The standard InChI is InChI=1S/C19H21N3O2S/c1-14-4-9-19(12-15(14)2)25(23,24)21-16(3)17-5-7-18(8-6-17)22-11-10-20-13-22/h4-13,16,21H,1-3H3/t16-/m1/s1. The van der Waals surface area contributed by atoms with Crippen LogP contribution < -0.4 is 4.72 Å². The van der Waals surface area contributed by atoms with E-state index in [0.717, 1.165) is 22.4 Å². The highest BCUT2D eigenvalue weighted by molar-refractivity contribution is 7.89. The molecule has 130 valence electrons. The summed E-state index contributed by atoms with van der Waals surface area (Å²) in [5.74, 6) is 0. The molecule has 0 bridgehead atoms. The maximum absolute atomic E-state index is 12.6. The Morgan fingerprint density at radius 3 is 2.36 bits per heavy atom. The zero-order valence-electron chi connectivity index (χ0n) is 14.5. The van der Waals surface area contributed by atoms with Gasteiger partial charge >= 0.3 is 0 Å². The second-order valence-electron chi connectivity index (χ2n) is 6.15. The van der Waals surface area contributed by atoms with Crippen LogP contribution >= 0.6 is 0 Å². The number of aryl methyl sites for hydroxylation is 2. The third kappa shape index (κ3) is 3.81. The molecule has 3 aromatic rings. The van der Waals surface area contributed by atoms with E-state index >= 15 is 0 Å². The number of aromatic nitrogens is 2. The van der Waals surface area contributed by atoms with E-state index < -0.39 is 10.0 Å². The van der Waals surface area contributed by atoms with Gasteiger partial charge in [-0.1, -0.05) is 18.2 Å². The molecule has 6 heteroatoms. The van der Waals surface area contributed by atoms with Crippen LogP contribution in [0.25, 0.3) is 5.69 Å². The lowest BCUT2D eigenvalue weighted by Gasteiger charge is -2.16. The van der Waals surface area contributed by atoms with Crippen molar-refractivity contribution in [2.45, 2.75) is 31.7 Å². The minimum Gasteiger partial charge on any atom is -0.306 e. The Bertz CT molecular complexity index is 962. The topological polar surface area (TPSA) is 64.0 Å². The minimum atomic E-state index is -3.57. The first-order valence-corrected chi connectivity index (χ1v) is 9.53. The lowest BCUT2D eigenvalue weighted by Crippen LogP contribution is -2.27. The van der Waals surface area contributed by atoms with Crippen LogP contribution in [-0.2, 0) is 10.0 Å². The number of imidazole rings is 1. The average Bonchev–Trinajstić information content (AvgIpc) is 3.11. The van der Waals surface area contributed by atoms with E-state index in [9.17, 15) is 8.42 Å². The maximum atomic E-state index is 12.6. The number of hydrogen-bond donors (Lipinski definition) is 1. The van der Waals surface area contributed by atoms with Gasteiger partial charge in [0.15, 0.2) is 0 Å². The monoisotopic (exact) mass is 355 g/mol. The van der Waals surface area contributed by atoms with E-state index in [1.165, 1.54) is 0 Å². The summed E-state index contributed by atoms with van der Waals surface area (Å²) >= 11 is 0. The van der Waals surface area contributed by atoms with Gasteiger partial charge in [-0.05, 0) is 61.7 Å². The van der Waals surface area contributed by atoms with Gasteiger partial charge in [-0.2, -0.15) is 0 Å². The van der Waals surface area contributed by atoms with Crippen molar-refractivity contribution in [3.63, 3.8) is 0 Å². The minimum absolute atomic E-state index is 0.289. The molecule has 0 saturated heterocycles. The molecule has 0 radical (unpaired) electrons. The van der Waals surface area contributed by atoms with Crippen LogP contribution in [0, 0.1) is 13.8 Å². The zero-order chi connectivity index (χ0) is 18.0. The van der Waals surface area contributed by atoms with Gasteiger partial charge in [0.2, 0.25) is 10.0 Å². The Balaban J connectivity index is 1.78. The predicted molar refractivity (Wildman–Crippen MR) is 98.2 cm³/mol. The first-order chi connectivity index (χ1) is 11.9. The average molecular weight is 355 g/mol. The molecular weight excluding hydrogens is 334 g/mol. The second kappa shape index (κ2) is 6.82. The van der Waals surface area contributed by atoms with Crippen molar-refractivity contribution in [2.75, 3.05) is 0 Å². The Labute approximate surface area is 148 Å². The van der Waals surface area contributed by atoms with Crippen LogP contribution in [-0.4, -0.2) is 18.0 Å². The second-order valence-corrected chi connectivity index (χ2v) is 7.86. The van der Waals surface area contributed by atoms with Gasteiger partial charge in [0.1, 0.15) is 0 Å². The van der Waals surface area contributed by atoms with E-state index in [1.807, 2.05) is 61.9 Å². The number of hydrogen-bond acceptors (Lipinski definition) is 3. The molecule has 2 aromatic carbocycles. The van der Waals surface area contributed by atoms with Gasteiger partial charge in [-0.15, -0.1) is 0 Å². The third-order valence-corrected chi connectivity index (χ3v) is 5.85. The molecule has 5 nitrogen and oxygen atoms in total. The fraction of sp³-hybridized carbons (Fsp3) is 0.211. The molecule has 0 aliphatic carbocycles. The van der Waals surface area contributed by atoms with Gasteiger partial charge in [-0.3, -0.25) is 0 Å². The van der Waals surface area contributed by atoms with Gasteiger partial charge in [0.05, 0.1) is 11.2 Å². The van der Waals surface area contributed by atoms with E-state index in [1.54, 1.807) is 24.7 Å². The third-order valence-electron chi connectivity index (χ3n) is 4.32. The molecule has 1 N–H and O–H groups in total. The lowest BCUT2D eigenvalue weighted by molar-refractivity contribution is 0.567. The Kier molecular flexibility index (Phi) is 4.74. The van der Waals surface area contributed by atoms with Gasteiger partial charge in [0, 0.05) is 24.1 Å². The first-order valence-electron chi connectivity index (χ1n) is 8.05. The summed E-state index contributed by atoms with van der Waals surface area (Å²) in [6.45, 7) is 5.71. The van der Waals surface area contributed by atoms with Gasteiger partial charge < -0.3 is 4.57 Å². The number of rotatable bonds is 5. The molecular formula is C19H21N3O2S. The zero-order valence-corrected chi connectivity index (χ0v) is 15.3. The highest BCUT2D eigenvalue weighted by Gasteiger charge is 2.18. The van der Waals surface area contributed by atoms with Crippen molar-refractivity contribution in [3.05, 3.63) is 77.9 Å². The van der Waals surface area contributed by atoms with Crippen molar-refractivity contribution in [2.24, 2.45) is 0 Å². The number of nitrogens with one attached hydrogen (secondary N) is 1. The molecule has 1 heterocycles. The van der Waals surface area contributed by atoms with Gasteiger partial charge in [0.25, 0.3) is 0 Å². The van der Waals surface area contributed by atoms with Gasteiger partial charge in [-0.25, -0.2) is 18.1 Å². The van der Waals surface area contributed by atoms with Crippen molar-refractivity contribution in [1.29, 1.82) is 0 Å². The fourth-order valence-corrected chi connectivity index (χ4v) is 3.91. The first kappa shape index (κ1) is 17.4. The van der Waals surface area contributed by atoms with Crippen LogP contribution in [0.5, 0.6) is 0 Å². The summed E-state index contributed by atoms with van der Waals surface area (Å²) in [5.41, 5.74) is 3.91. The van der Waals surface area contributed by atoms with Crippen molar-refractivity contribution in [3.8, 4) is 5.69 Å². The van der Waals surface area contributed by atoms with E-state index in [-0.39, 0.29) is 10.9 Å². The van der Waals surface area contributed by atoms with Crippen LogP contribution in [0.2, 0.25) is 0 Å². The summed E-state index contributed by atoms with van der Waals surface area (Å²) in [6.07, 6.45) is 5.30. The molecule has 0 amide bonds. The number of nitrogens with zero attached hydrogens (tertiary/aromatic N) is 2. The molecule has 25 heavy (non-hydrogen) atoms. The Hall–Kier alpha value is -2.44. The van der Waals surface area contributed by atoms with Crippen LogP contribution in [0.4, 0.5) is 0 Å². The molecule has 0 spiro atoms. The van der Waals surface area contributed by atoms with E-state index in [2.05, 4.69) is 9.71 Å². The number of sulfonamides is 1. The smallest absolute Gasteiger partial charge is 0.241 e. The highest BCUT2D eigenvalue weighted by atomic mass is 32.2. The number of benzene rings is 2. The summed E-state index contributed by atoms with van der Waals surface area (Å²) in [6, 6.07) is 12.6. The molecule has 0 saturated carbocycles. The molecule has 0 aliphatic rings. The largest absolute Gasteiger partial charge is 0.306 e. The van der Waals surface area contributed by atoms with Crippen molar-refractivity contribution in [1.82, 2.24) is 14.3 Å². The summed E-state index contributed by atoms with van der Waals surface area (Å²) in [5, 5.41) is 0. The lowest BCUT2D eigenvalue weighted by atomic mass is 10.1. The van der Waals surface area contributed by atoms with Crippen molar-refractivity contribution >= 4 is 10.0 Å². The Morgan fingerprint density at radius 1 is 1.04 bits per heavy atom.